The van der Waals surface area contributed by atoms with E-state index in [2.05, 4.69) is 0 Å². The number of halogens is 1. The van der Waals surface area contributed by atoms with Crippen LogP contribution < -0.4 is 4.90 Å². The summed E-state index contributed by atoms with van der Waals surface area (Å²) >= 11 is 0. The Hall–Kier alpha value is -2.11. The number of rotatable bonds is 3. The number of aliphatic carboxylic acids is 2. The lowest BCUT2D eigenvalue weighted by atomic mass is 9.78. The normalized spacial score (nSPS) is 18.1. The molecule has 6 heteroatoms. The average Bonchev–Trinajstić information content (AvgIpc) is 2.38. The molecular weight excluding hydrogens is 253 g/mol. The van der Waals surface area contributed by atoms with Crippen LogP contribution in [0.2, 0.25) is 0 Å². The molecule has 0 aromatic heterocycles. The maximum Gasteiger partial charge on any atom is 0.321 e. The van der Waals surface area contributed by atoms with Gasteiger partial charge in [0.2, 0.25) is 0 Å². The Kier molecular flexibility index (Phi) is 3.42. The van der Waals surface area contributed by atoms with Crippen molar-refractivity contribution in [1.29, 1.82) is 0 Å². The van der Waals surface area contributed by atoms with Gasteiger partial charge in [0.1, 0.15) is 5.82 Å². The van der Waals surface area contributed by atoms with Crippen molar-refractivity contribution in [3.05, 3.63) is 30.1 Å². The summed E-state index contributed by atoms with van der Waals surface area (Å²) in [6.07, 6.45) is 0.0162. The van der Waals surface area contributed by atoms with Gasteiger partial charge in [-0.25, -0.2) is 4.39 Å². The van der Waals surface area contributed by atoms with Crippen LogP contribution in [0.4, 0.5) is 10.1 Å². The van der Waals surface area contributed by atoms with E-state index in [1.54, 1.807) is 17.0 Å². The van der Waals surface area contributed by atoms with Crippen molar-refractivity contribution in [2.24, 2.45) is 5.41 Å². The molecule has 1 fully saturated rings. The average molecular weight is 267 g/mol. The maximum atomic E-state index is 13.1. The van der Waals surface area contributed by atoms with E-state index in [0.717, 1.165) is 0 Å². The number of piperidine rings is 1. The molecule has 1 aliphatic rings. The number of carbonyl (C=O) groups is 2. The van der Waals surface area contributed by atoms with Crippen LogP contribution in [0, 0.1) is 11.2 Å². The summed E-state index contributed by atoms with van der Waals surface area (Å²) in [6, 6.07) is 5.97. The molecule has 5 nitrogen and oxygen atoms in total. The molecule has 1 aliphatic heterocycles. The molecule has 0 aliphatic carbocycles. The van der Waals surface area contributed by atoms with Crippen LogP contribution in [0.15, 0.2) is 24.3 Å². The molecule has 0 unspecified atom stereocenters. The maximum absolute atomic E-state index is 13.1. The van der Waals surface area contributed by atoms with Crippen LogP contribution in [0.5, 0.6) is 0 Å². The highest BCUT2D eigenvalue weighted by molar-refractivity contribution is 5.98. The van der Waals surface area contributed by atoms with Gasteiger partial charge in [-0.15, -0.1) is 0 Å². The number of hydrogen-bond acceptors (Lipinski definition) is 3. The first-order chi connectivity index (χ1) is 8.95. The minimum atomic E-state index is -1.72. The molecule has 1 saturated heterocycles. The van der Waals surface area contributed by atoms with Gasteiger partial charge in [0.25, 0.3) is 0 Å². The van der Waals surface area contributed by atoms with Gasteiger partial charge in [0, 0.05) is 18.8 Å². The number of carboxylic acid groups (broad SMARTS) is 2. The van der Waals surface area contributed by atoms with Gasteiger partial charge in [-0.3, -0.25) is 9.59 Å². The molecule has 2 N–H and O–H groups in total. The van der Waals surface area contributed by atoms with Crippen LogP contribution in [-0.2, 0) is 9.59 Å². The Morgan fingerprint density at radius 2 is 1.74 bits per heavy atom. The lowest BCUT2D eigenvalue weighted by Crippen LogP contribution is -2.49. The van der Waals surface area contributed by atoms with E-state index in [9.17, 15) is 14.0 Å². The summed E-state index contributed by atoms with van der Waals surface area (Å²) in [5.41, 5.74) is -1.08. The van der Waals surface area contributed by atoms with E-state index in [-0.39, 0.29) is 31.7 Å². The van der Waals surface area contributed by atoms with E-state index in [1.807, 2.05) is 0 Å². The van der Waals surface area contributed by atoms with E-state index < -0.39 is 17.4 Å². The Morgan fingerprint density at radius 3 is 2.21 bits per heavy atom. The third kappa shape index (κ3) is 2.38. The topological polar surface area (TPSA) is 77.8 Å². The summed E-state index contributed by atoms with van der Waals surface area (Å²) in [6.45, 7) is 0.560. The minimum Gasteiger partial charge on any atom is -0.480 e. The van der Waals surface area contributed by atoms with Crippen molar-refractivity contribution in [2.75, 3.05) is 18.0 Å². The lowest BCUT2D eigenvalue weighted by Gasteiger charge is -2.37. The molecule has 102 valence electrons. The molecule has 0 bridgehead atoms. The second kappa shape index (κ2) is 4.87. The van der Waals surface area contributed by atoms with Gasteiger partial charge in [-0.2, -0.15) is 0 Å². The second-order valence-electron chi connectivity index (χ2n) is 4.66. The predicted molar refractivity (Wildman–Crippen MR) is 65.6 cm³/mol. The Morgan fingerprint density at radius 1 is 1.16 bits per heavy atom. The number of anilines is 1. The standard InChI is InChI=1S/C13H14FNO4/c14-9-2-1-3-10(8-9)15-6-4-13(5-7-15,11(16)17)12(18)19/h1-3,8H,4-7H2,(H,16,17)(H,18,19). The first-order valence-corrected chi connectivity index (χ1v) is 5.93. The third-order valence-corrected chi connectivity index (χ3v) is 3.61. The van der Waals surface area contributed by atoms with Gasteiger partial charge in [0.15, 0.2) is 5.41 Å². The van der Waals surface area contributed by atoms with E-state index in [0.29, 0.717) is 5.69 Å². The van der Waals surface area contributed by atoms with Crippen LogP contribution in [0.1, 0.15) is 12.8 Å². The molecule has 0 saturated carbocycles. The van der Waals surface area contributed by atoms with Crippen molar-refractivity contribution >= 4 is 17.6 Å². The van der Waals surface area contributed by atoms with Crippen LogP contribution in [0.3, 0.4) is 0 Å². The van der Waals surface area contributed by atoms with Gasteiger partial charge in [0.05, 0.1) is 0 Å². The van der Waals surface area contributed by atoms with Gasteiger partial charge in [-0.1, -0.05) is 6.07 Å². The Bertz CT molecular complexity index is 493. The molecule has 2 rings (SSSR count). The number of benzene rings is 1. The molecule has 0 spiro atoms. The highest BCUT2D eigenvalue weighted by Gasteiger charge is 2.48. The van der Waals surface area contributed by atoms with Gasteiger partial charge >= 0.3 is 11.9 Å². The number of carboxylic acids is 2. The van der Waals surface area contributed by atoms with Crippen molar-refractivity contribution in [2.45, 2.75) is 12.8 Å². The summed E-state index contributed by atoms with van der Waals surface area (Å²) in [7, 11) is 0. The molecule has 0 atom stereocenters. The second-order valence-corrected chi connectivity index (χ2v) is 4.66. The monoisotopic (exact) mass is 267 g/mol. The zero-order valence-corrected chi connectivity index (χ0v) is 10.2. The predicted octanol–water partition coefficient (Wildman–Crippen LogP) is 1.58. The fourth-order valence-corrected chi connectivity index (χ4v) is 2.34. The van der Waals surface area contributed by atoms with Crippen LogP contribution >= 0.6 is 0 Å². The Labute approximate surface area is 109 Å². The fraction of sp³-hybridized carbons (Fsp3) is 0.385. The highest BCUT2D eigenvalue weighted by atomic mass is 19.1. The summed E-state index contributed by atoms with van der Waals surface area (Å²) in [5, 5.41) is 18.2. The summed E-state index contributed by atoms with van der Waals surface area (Å²) in [4.78, 5) is 24.1. The van der Waals surface area contributed by atoms with Gasteiger partial charge in [-0.05, 0) is 31.0 Å². The van der Waals surface area contributed by atoms with Crippen LogP contribution in [0.25, 0.3) is 0 Å². The molecule has 1 aromatic carbocycles. The fourth-order valence-electron chi connectivity index (χ4n) is 2.34. The molecule has 0 radical (unpaired) electrons. The van der Waals surface area contributed by atoms with Crippen molar-refractivity contribution in [1.82, 2.24) is 0 Å². The molecule has 0 amide bonds. The highest BCUT2D eigenvalue weighted by Crippen LogP contribution is 2.34. The van der Waals surface area contributed by atoms with Crippen LogP contribution in [-0.4, -0.2) is 35.2 Å². The first kappa shape index (κ1) is 13.3. The number of nitrogens with zero attached hydrogens (tertiary/aromatic N) is 1. The number of hydrogen-bond donors (Lipinski definition) is 2. The molecule has 1 heterocycles. The quantitative estimate of drug-likeness (QED) is 0.813. The lowest BCUT2D eigenvalue weighted by molar-refractivity contribution is -0.166. The smallest absolute Gasteiger partial charge is 0.321 e. The zero-order chi connectivity index (χ0) is 14.0. The summed E-state index contributed by atoms with van der Waals surface area (Å²) < 4.78 is 13.1. The summed E-state index contributed by atoms with van der Waals surface area (Å²) in [5.74, 6) is -2.98. The minimum absolute atomic E-state index is 0.00812. The van der Waals surface area contributed by atoms with Crippen molar-refractivity contribution in [3.63, 3.8) is 0 Å². The van der Waals surface area contributed by atoms with E-state index in [4.69, 9.17) is 10.2 Å². The van der Waals surface area contributed by atoms with Crippen molar-refractivity contribution in [3.8, 4) is 0 Å². The SMILES string of the molecule is O=C(O)C1(C(=O)O)CCN(c2cccc(F)c2)CC1. The van der Waals surface area contributed by atoms with Crippen molar-refractivity contribution < 1.29 is 24.2 Å². The molecule has 19 heavy (non-hydrogen) atoms. The van der Waals surface area contributed by atoms with E-state index in [1.165, 1.54) is 12.1 Å². The third-order valence-electron chi connectivity index (χ3n) is 3.61. The first-order valence-electron chi connectivity index (χ1n) is 5.93. The Balaban J connectivity index is 2.14. The molecular formula is C13H14FNO4. The largest absolute Gasteiger partial charge is 0.480 e. The van der Waals surface area contributed by atoms with E-state index >= 15 is 0 Å². The zero-order valence-electron chi connectivity index (χ0n) is 10.2. The van der Waals surface area contributed by atoms with Gasteiger partial charge < -0.3 is 15.1 Å². The molecule has 1 aromatic rings.